The summed E-state index contributed by atoms with van der Waals surface area (Å²) in [6.07, 6.45) is 1.26. The summed E-state index contributed by atoms with van der Waals surface area (Å²) in [5, 5.41) is 17.7. The van der Waals surface area contributed by atoms with Crippen LogP contribution in [0.2, 0.25) is 0 Å². The second-order valence-electron chi connectivity index (χ2n) is 4.70. The van der Waals surface area contributed by atoms with Gasteiger partial charge in [-0.25, -0.2) is 0 Å². The van der Waals surface area contributed by atoms with E-state index in [9.17, 15) is 5.11 Å². The fraction of sp³-hybridized carbons (Fsp3) is 0.385. The number of aromatic nitrogens is 1. The average Bonchev–Trinajstić information content (AvgIpc) is 2.38. The van der Waals surface area contributed by atoms with E-state index >= 15 is 0 Å². The monoisotopic (exact) mass is 265 g/mol. The van der Waals surface area contributed by atoms with Gasteiger partial charge < -0.3 is 10.8 Å². The number of nitrogens with zero attached hydrogens (tertiary/aromatic N) is 2. The van der Waals surface area contributed by atoms with Gasteiger partial charge in [-0.05, 0) is 19.1 Å². The van der Waals surface area contributed by atoms with Gasteiger partial charge >= 0.3 is 0 Å². The summed E-state index contributed by atoms with van der Waals surface area (Å²) in [6.45, 7) is 2.88. The van der Waals surface area contributed by atoms with Crippen molar-refractivity contribution < 1.29 is 7.96 Å². The number of nitrogens with two attached hydrogens (primary N) is 2. The molecule has 6 nitrogen and oxygen atoms in total. The highest BCUT2D eigenvalue weighted by atomic mass is 16.3. The first kappa shape index (κ1) is 13.7. The quantitative estimate of drug-likeness (QED) is 0.467. The normalized spacial score (nSPS) is 18.5. The van der Waals surface area contributed by atoms with Crippen LogP contribution in [0.1, 0.15) is 20.5 Å². The van der Waals surface area contributed by atoms with E-state index in [0.717, 1.165) is 16.8 Å². The molecule has 0 fully saturated rings. The van der Waals surface area contributed by atoms with Crippen molar-refractivity contribution in [1.29, 1.82) is 5.41 Å². The summed E-state index contributed by atoms with van der Waals surface area (Å²) >= 11 is 0. The van der Waals surface area contributed by atoms with Crippen LogP contribution in [0.5, 0.6) is 0 Å². The fourth-order valence-corrected chi connectivity index (χ4v) is 2.14. The van der Waals surface area contributed by atoms with E-state index in [1.54, 1.807) is 17.2 Å². The molecule has 0 aliphatic carbocycles. The molecule has 2 rings (SSSR count). The Bertz CT molecular complexity index is 533. The zero-order chi connectivity index (χ0) is 14.0. The number of rotatable bonds is 3. The van der Waals surface area contributed by atoms with Gasteiger partial charge in [0.15, 0.2) is 6.35 Å². The third-order valence-electron chi connectivity index (χ3n) is 3.28. The lowest BCUT2D eigenvalue weighted by Crippen LogP contribution is -2.47. The molecular formula is C13H23N5O. The predicted octanol–water partition coefficient (Wildman–Crippen LogP) is 0.403. The van der Waals surface area contributed by atoms with Crippen molar-refractivity contribution in [2.24, 2.45) is 11.5 Å². The SMILES string of the molecule is Cc1cc(C(=N)C2=C(N)CCN(C(N)O)C2)ccn1.[HH].[HH]. The zero-order valence-corrected chi connectivity index (χ0v) is 10.9. The molecule has 0 saturated heterocycles. The maximum atomic E-state index is 9.44. The minimum atomic E-state index is -1.02. The molecule has 0 spiro atoms. The highest BCUT2D eigenvalue weighted by Crippen LogP contribution is 2.19. The molecule has 1 unspecified atom stereocenters. The van der Waals surface area contributed by atoms with Gasteiger partial charge in [0.05, 0.1) is 5.71 Å². The van der Waals surface area contributed by atoms with Crippen LogP contribution in [0.25, 0.3) is 0 Å². The van der Waals surface area contributed by atoms with Crippen molar-refractivity contribution in [1.82, 2.24) is 9.88 Å². The molecule has 6 N–H and O–H groups in total. The lowest BCUT2D eigenvalue weighted by molar-refractivity contribution is 0.0136. The minimum Gasteiger partial charge on any atom is -0.402 e. The lowest BCUT2D eigenvalue weighted by Gasteiger charge is -2.31. The Hall–Kier alpha value is -1.76. The Morgan fingerprint density at radius 3 is 3.00 bits per heavy atom. The number of hydrogen-bond donors (Lipinski definition) is 4. The molecule has 0 amide bonds. The highest BCUT2D eigenvalue weighted by Gasteiger charge is 2.23. The lowest BCUT2D eigenvalue weighted by atomic mass is 9.97. The van der Waals surface area contributed by atoms with Gasteiger partial charge in [0.1, 0.15) is 0 Å². The van der Waals surface area contributed by atoms with Gasteiger partial charge in [-0.3, -0.25) is 21.0 Å². The number of aliphatic hydroxyl groups is 1. The molecule has 6 heteroatoms. The summed E-state index contributed by atoms with van der Waals surface area (Å²) < 4.78 is 0. The second kappa shape index (κ2) is 5.48. The van der Waals surface area contributed by atoms with Crippen molar-refractivity contribution in [3.63, 3.8) is 0 Å². The second-order valence-corrected chi connectivity index (χ2v) is 4.70. The van der Waals surface area contributed by atoms with E-state index in [1.807, 2.05) is 13.0 Å². The van der Waals surface area contributed by atoms with Gasteiger partial charge in [-0.2, -0.15) is 0 Å². The number of hydrogen-bond acceptors (Lipinski definition) is 6. The fourth-order valence-electron chi connectivity index (χ4n) is 2.14. The Labute approximate surface area is 115 Å². The maximum Gasteiger partial charge on any atom is 0.160 e. The molecule has 0 saturated carbocycles. The third-order valence-corrected chi connectivity index (χ3v) is 3.28. The van der Waals surface area contributed by atoms with Crippen LogP contribution in [0, 0.1) is 12.3 Å². The molecule has 0 radical (unpaired) electrons. The average molecular weight is 265 g/mol. The first-order valence-electron chi connectivity index (χ1n) is 6.16. The van der Waals surface area contributed by atoms with E-state index in [0.29, 0.717) is 30.9 Å². The summed E-state index contributed by atoms with van der Waals surface area (Å²) in [7, 11) is 0. The number of pyridine rings is 1. The summed E-state index contributed by atoms with van der Waals surface area (Å²) in [6, 6.07) is 3.63. The van der Waals surface area contributed by atoms with Crippen LogP contribution in [0.15, 0.2) is 29.6 Å². The first-order chi connectivity index (χ1) is 8.99. The Morgan fingerprint density at radius 2 is 2.37 bits per heavy atom. The number of aryl methyl sites for hydroxylation is 1. The third kappa shape index (κ3) is 2.98. The van der Waals surface area contributed by atoms with Crippen LogP contribution in [-0.2, 0) is 0 Å². The Morgan fingerprint density at radius 1 is 1.63 bits per heavy atom. The largest absolute Gasteiger partial charge is 0.402 e. The van der Waals surface area contributed by atoms with E-state index in [1.165, 1.54) is 0 Å². The van der Waals surface area contributed by atoms with E-state index in [4.69, 9.17) is 16.9 Å². The predicted molar refractivity (Wildman–Crippen MR) is 77.6 cm³/mol. The molecule has 1 aromatic heterocycles. The van der Waals surface area contributed by atoms with Crippen LogP contribution in [0.4, 0.5) is 0 Å². The molecule has 1 aliphatic rings. The molecule has 1 aliphatic heterocycles. The summed E-state index contributed by atoms with van der Waals surface area (Å²) in [4.78, 5) is 5.80. The Kier molecular flexibility index (Phi) is 3.94. The molecular weight excluding hydrogens is 242 g/mol. The van der Waals surface area contributed by atoms with Crippen LogP contribution >= 0.6 is 0 Å². The van der Waals surface area contributed by atoms with E-state index < -0.39 is 6.35 Å². The van der Waals surface area contributed by atoms with Gasteiger partial charge in [0, 0.05) is 51.1 Å². The zero-order valence-electron chi connectivity index (χ0n) is 10.9. The molecule has 1 atom stereocenters. The van der Waals surface area contributed by atoms with Crippen molar-refractivity contribution in [3.05, 3.63) is 40.9 Å². The molecule has 0 bridgehead atoms. The van der Waals surface area contributed by atoms with Crippen LogP contribution in [0.3, 0.4) is 0 Å². The van der Waals surface area contributed by atoms with Crippen molar-refractivity contribution in [3.8, 4) is 0 Å². The summed E-state index contributed by atoms with van der Waals surface area (Å²) in [5.74, 6) is 0. The maximum absolute atomic E-state index is 9.44. The van der Waals surface area contributed by atoms with E-state index in [-0.39, 0.29) is 2.85 Å². The smallest absolute Gasteiger partial charge is 0.160 e. The minimum absolute atomic E-state index is 0. The van der Waals surface area contributed by atoms with E-state index in [2.05, 4.69) is 4.98 Å². The van der Waals surface area contributed by atoms with Gasteiger partial charge in [-0.1, -0.05) is 0 Å². The standard InChI is InChI=1S/C13H19N5O.2H2/c1-8-6-9(2-4-17-8)12(15)10-7-18(13(16)19)5-3-11(10)14;;/h2,4,6,13,15,19H,3,5,7,14,16H2,1H3;2*1H. The number of aliphatic hydroxyl groups excluding tert-OH is 1. The van der Waals surface area contributed by atoms with Crippen molar-refractivity contribution in [2.45, 2.75) is 19.7 Å². The van der Waals surface area contributed by atoms with Crippen LogP contribution in [-0.4, -0.2) is 40.1 Å². The molecule has 19 heavy (non-hydrogen) atoms. The highest BCUT2D eigenvalue weighted by molar-refractivity contribution is 6.11. The first-order valence-corrected chi connectivity index (χ1v) is 6.16. The van der Waals surface area contributed by atoms with Gasteiger partial charge in [-0.15, -0.1) is 0 Å². The molecule has 0 aromatic carbocycles. The molecule has 106 valence electrons. The topological polar surface area (TPSA) is 112 Å². The van der Waals surface area contributed by atoms with Gasteiger partial charge in [0.2, 0.25) is 0 Å². The van der Waals surface area contributed by atoms with Gasteiger partial charge in [0.25, 0.3) is 0 Å². The van der Waals surface area contributed by atoms with Crippen molar-refractivity contribution in [2.75, 3.05) is 13.1 Å². The van der Waals surface area contributed by atoms with Crippen molar-refractivity contribution >= 4 is 5.71 Å². The Balaban J connectivity index is 0.00000200. The molecule has 2 heterocycles. The molecule has 1 aromatic rings. The summed E-state index contributed by atoms with van der Waals surface area (Å²) in [5.41, 5.74) is 14.9. The van der Waals surface area contributed by atoms with Crippen LogP contribution < -0.4 is 11.5 Å². The number of nitrogens with one attached hydrogen (secondary N) is 1.